The predicted octanol–water partition coefficient (Wildman–Crippen LogP) is 3.03. The molecule has 0 bridgehead atoms. The lowest BCUT2D eigenvalue weighted by Gasteiger charge is -2.09. The lowest BCUT2D eigenvalue weighted by Crippen LogP contribution is -2.17. The van der Waals surface area contributed by atoms with E-state index in [1.807, 2.05) is 17.5 Å². The van der Waals surface area contributed by atoms with E-state index in [1.165, 1.54) is 0 Å². The van der Waals surface area contributed by atoms with Crippen LogP contribution in [0.4, 0.5) is 5.69 Å². The maximum absolute atomic E-state index is 12.3. The second-order valence-electron chi connectivity index (χ2n) is 5.38. The molecule has 0 aliphatic rings. The number of hydrogen-bond acceptors (Lipinski definition) is 5. The fourth-order valence-electron chi connectivity index (χ4n) is 2.10. The van der Waals surface area contributed by atoms with E-state index >= 15 is 0 Å². The summed E-state index contributed by atoms with van der Waals surface area (Å²) in [7, 11) is 0. The number of rotatable bonds is 5. The topological polar surface area (TPSA) is 72.7 Å². The average molecular weight is 327 g/mol. The Kier molecular flexibility index (Phi) is 4.47. The van der Waals surface area contributed by atoms with Crippen LogP contribution in [0.25, 0.3) is 5.82 Å². The predicted molar refractivity (Wildman–Crippen MR) is 89.9 cm³/mol. The van der Waals surface area contributed by atoms with E-state index in [-0.39, 0.29) is 12.3 Å². The quantitative estimate of drug-likeness (QED) is 0.782. The van der Waals surface area contributed by atoms with Gasteiger partial charge in [-0.05, 0) is 18.2 Å². The van der Waals surface area contributed by atoms with Crippen molar-refractivity contribution >= 4 is 22.9 Å². The third-order valence-corrected chi connectivity index (χ3v) is 4.38. The molecule has 7 heteroatoms. The third-order valence-electron chi connectivity index (χ3n) is 3.19. The van der Waals surface area contributed by atoms with Gasteiger partial charge in [-0.25, -0.2) is 14.6 Å². The van der Waals surface area contributed by atoms with Crippen LogP contribution >= 0.6 is 11.3 Å². The Balaban J connectivity index is 1.73. The zero-order chi connectivity index (χ0) is 16.2. The molecule has 3 rings (SSSR count). The van der Waals surface area contributed by atoms with Crippen molar-refractivity contribution < 1.29 is 4.79 Å². The summed E-state index contributed by atoms with van der Waals surface area (Å²) >= 11 is 1.59. The van der Waals surface area contributed by atoms with Gasteiger partial charge in [-0.2, -0.15) is 5.10 Å². The number of aromatic nitrogens is 4. The molecule has 3 heterocycles. The number of thiazole rings is 1. The van der Waals surface area contributed by atoms with Gasteiger partial charge in [-0.1, -0.05) is 13.8 Å². The van der Waals surface area contributed by atoms with Crippen LogP contribution in [0.15, 0.2) is 42.2 Å². The summed E-state index contributed by atoms with van der Waals surface area (Å²) in [5.41, 5.74) is 1.42. The fourth-order valence-corrected chi connectivity index (χ4v) is 2.93. The summed E-state index contributed by atoms with van der Waals surface area (Å²) in [6.07, 6.45) is 5.37. The smallest absolute Gasteiger partial charge is 0.230 e. The summed E-state index contributed by atoms with van der Waals surface area (Å²) < 4.78 is 1.62. The van der Waals surface area contributed by atoms with E-state index in [9.17, 15) is 4.79 Å². The Hall–Kier alpha value is -2.54. The molecule has 1 N–H and O–H groups in total. The maximum Gasteiger partial charge on any atom is 0.230 e. The minimum Gasteiger partial charge on any atom is -0.323 e. The first-order valence-electron chi connectivity index (χ1n) is 7.32. The van der Waals surface area contributed by atoms with Gasteiger partial charge in [0, 0.05) is 29.9 Å². The molecule has 0 aliphatic heterocycles. The number of carbonyl (C=O) groups is 1. The molecule has 23 heavy (non-hydrogen) atoms. The molecule has 1 amide bonds. The van der Waals surface area contributed by atoms with E-state index in [2.05, 4.69) is 34.2 Å². The maximum atomic E-state index is 12.3. The van der Waals surface area contributed by atoms with Crippen LogP contribution in [-0.2, 0) is 11.2 Å². The second-order valence-corrected chi connectivity index (χ2v) is 6.27. The van der Waals surface area contributed by atoms with Gasteiger partial charge in [0.15, 0.2) is 5.82 Å². The molecule has 118 valence electrons. The molecule has 0 fully saturated rings. The van der Waals surface area contributed by atoms with Crippen molar-refractivity contribution in [3.8, 4) is 5.82 Å². The molecule has 6 nitrogen and oxygen atoms in total. The number of amides is 1. The molecule has 3 aromatic heterocycles. The first-order valence-corrected chi connectivity index (χ1v) is 8.20. The van der Waals surface area contributed by atoms with Crippen LogP contribution in [0.3, 0.4) is 0 Å². The Bertz CT molecular complexity index is 794. The molecule has 0 saturated carbocycles. The highest BCUT2D eigenvalue weighted by molar-refractivity contribution is 7.09. The molecule has 0 spiro atoms. The van der Waals surface area contributed by atoms with Crippen LogP contribution in [0.5, 0.6) is 0 Å². The molecule has 0 radical (unpaired) electrons. The lowest BCUT2D eigenvalue weighted by atomic mass is 10.2. The Labute approximate surface area is 138 Å². The van der Waals surface area contributed by atoms with Gasteiger partial charge in [0.1, 0.15) is 0 Å². The Morgan fingerprint density at radius 3 is 2.91 bits per heavy atom. The minimum atomic E-state index is -0.119. The van der Waals surface area contributed by atoms with Gasteiger partial charge in [0.2, 0.25) is 5.91 Å². The third kappa shape index (κ3) is 3.62. The van der Waals surface area contributed by atoms with Gasteiger partial charge in [-0.15, -0.1) is 11.3 Å². The SMILES string of the molecule is CC(C)c1nc(CC(=O)Nc2cccnc2-n2cccn2)cs1. The van der Waals surface area contributed by atoms with Gasteiger partial charge in [0.25, 0.3) is 0 Å². The van der Waals surface area contributed by atoms with Crippen molar-refractivity contribution in [2.45, 2.75) is 26.2 Å². The summed E-state index contributed by atoms with van der Waals surface area (Å²) in [5.74, 6) is 0.848. The van der Waals surface area contributed by atoms with E-state index in [0.29, 0.717) is 17.4 Å². The van der Waals surface area contributed by atoms with Crippen LogP contribution in [0.2, 0.25) is 0 Å². The van der Waals surface area contributed by atoms with E-state index in [0.717, 1.165) is 10.7 Å². The molecular weight excluding hydrogens is 310 g/mol. The van der Waals surface area contributed by atoms with Gasteiger partial charge >= 0.3 is 0 Å². The van der Waals surface area contributed by atoms with Crippen LogP contribution in [-0.4, -0.2) is 25.7 Å². The van der Waals surface area contributed by atoms with E-state index in [1.54, 1.807) is 40.7 Å². The molecule has 0 aromatic carbocycles. The Morgan fingerprint density at radius 2 is 2.22 bits per heavy atom. The highest BCUT2D eigenvalue weighted by Crippen LogP contribution is 2.20. The summed E-state index contributed by atoms with van der Waals surface area (Å²) in [5, 5.41) is 10.0. The fraction of sp³-hybridized carbons (Fsp3) is 0.250. The summed E-state index contributed by atoms with van der Waals surface area (Å²) in [6, 6.07) is 5.40. The lowest BCUT2D eigenvalue weighted by molar-refractivity contribution is -0.115. The zero-order valence-corrected chi connectivity index (χ0v) is 13.7. The number of carbonyl (C=O) groups excluding carboxylic acids is 1. The van der Waals surface area contributed by atoms with Crippen LogP contribution < -0.4 is 5.32 Å². The Morgan fingerprint density at radius 1 is 1.35 bits per heavy atom. The molecular formula is C16H17N5OS. The van der Waals surface area contributed by atoms with Crippen LogP contribution in [0.1, 0.15) is 30.5 Å². The normalized spacial score (nSPS) is 10.9. The second kappa shape index (κ2) is 6.70. The molecule has 3 aromatic rings. The standard InChI is InChI=1S/C16H17N5OS/c1-11(2)16-19-12(10-23-16)9-14(22)20-13-5-3-6-17-15(13)21-8-4-7-18-21/h3-8,10-11H,9H2,1-2H3,(H,20,22). The number of pyridine rings is 1. The summed E-state index contributed by atoms with van der Waals surface area (Å²) in [4.78, 5) is 21.0. The number of anilines is 1. The van der Waals surface area contributed by atoms with Crippen molar-refractivity contribution in [1.82, 2.24) is 19.7 Å². The number of nitrogens with one attached hydrogen (secondary N) is 1. The molecule has 0 saturated heterocycles. The van der Waals surface area contributed by atoms with Crippen molar-refractivity contribution in [3.05, 3.63) is 52.9 Å². The van der Waals surface area contributed by atoms with Crippen molar-refractivity contribution in [2.24, 2.45) is 0 Å². The van der Waals surface area contributed by atoms with Crippen LogP contribution in [0, 0.1) is 0 Å². The van der Waals surface area contributed by atoms with Crippen molar-refractivity contribution in [2.75, 3.05) is 5.32 Å². The first kappa shape index (κ1) is 15.4. The van der Waals surface area contributed by atoms with Gasteiger partial charge in [-0.3, -0.25) is 4.79 Å². The summed E-state index contributed by atoms with van der Waals surface area (Å²) in [6.45, 7) is 4.18. The first-order chi connectivity index (χ1) is 11.1. The van der Waals surface area contributed by atoms with E-state index < -0.39 is 0 Å². The number of nitrogens with zero attached hydrogens (tertiary/aromatic N) is 4. The highest BCUT2D eigenvalue weighted by Gasteiger charge is 2.12. The molecule has 0 unspecified atom stereocenters. The zero-order valence-electron chi connectivity index (χ0n) is 12.9. The number of hydrogen-bond donors (Lipinski definition) is 1. The van der Waals surface area contributed by atoms with Gasteiger partial charge < -0.3 is 5.32 Å². The monoisotopic (exact) mass is 327 g/mol. The molecule has 0 aliphatic carbocycles. The van der Waals surface area contributed by atoms with Crippen molar-refractivity contribution in [3.63, 3.8) is 0 Å². The van der Waals surface area contributed by atoms with Gasteiger partial charge in [0.05, 0.1) is 22.8 Å². The highest BCUT2D eigenvalue weighted by atomic mass is 32.1. The average Bonchev–Trinajstić information content (AvgIpc) is 3.19. The molecule has 0 atom stereocenters. The van der Waals surface area contributed by atoms with E-state index in [4.69, 9.17) is 0 Å². The minimum absolute atomic E-state index is 0.119. The largest absolute Gasteiger partial charge is 0.323 e. The van der Waals surface area contributed by atoms with Crippen molar-refractivity contribution in [1.29, 1.82) is 0 Å².